The first-order chi connectivity index (χ1) is 15.1. The number of non-ortho nitro benzene ring substituents is 1. The van der Waals surface area contributed by atoms with Crippen LogP contribution in [0.4, 0.5) is 5.69 Å². The molecule has 2 aromatic carbocycles. The van der Waals surface area contributed by atoms with Gasteiger partial charge in [0, 0.05) is 54.4 Å². The molecule has 8 nitrogen and oxygen atoms in total. The summed E-state index contributed by atoms with van der Waals surface area (Å²) in [7, 11) is 0. The zero-order valence-corrected chi connectivity index (χ0v) is 16.3. The van der Waals surface area contributed by atoms with Crippen LogP contribution in [0.5, 0.6) is 11.6 Å². The lowest BCUT2D eigenvalue weighted by Crippen LogP contribution is -2.01. The Balaban J connectivity index is 1.34. The highest BCUT2D eigenvalue weighted by Crippen LogP contribution is 2.23. The van der Waals surface area contributed by atoms with E-state index in [2.05, 4.69) is 10.1 Å². The van der Waals surface area contributed by atoms with Crippen LogP contribution in [0.1, 0.15) is 22.5 Å². The van der Waals surface area contributed by atoms with Crippen LogP contribution in [-0.4, -0.2) is 20.8 Å². The lowest BCUT2D eigenvalue weighted by Gasteiger charge is -2.05. The highest BCUT2D eigenvalue weighted by Gasteiger charge is 2.12. The van der Waals surface area contributed by atoms with E-state index in [1.807, 2.05) is 30.3 Å². The highest BCUT2D eigenvalue weighted by molar-refractivity contribution is 5.95. The molecule has 0 aliphatic carbocycles. The normalized spacial score (nSPS) is 10.6. The van der Waals surface area contributed by atoms with Gasteiger partial charge in [-0.2, -0.15) is 0 Å². The van der Waals surface area contributed by atoms with Gasteiger partial charge >= 0.3 is 0 Å². The molecular formula is C23H17N3O5. The van der Waals surface area contributed by atoms with Crippen molar-refractivity contribution in [3.05, 3.63) is 100 Å². The Morgan fingerprint density at radius 2 is 1.81 bits per heavy atom. The van der Waals surface area contributed by atoms with E-state index >= 15 is 0 Å². The molecule has 0 aliphatic heterocycles. The summed E-state index contributed by atoms with van der Waals surface area (Å²) in [6.45, 7) is 0. The zero-order valence-electron chi connectivity index (χ0n) is 16.3. The van der Waals surface area contributed by atoms with E-state index in [0.717, 1.165) is 0 Å². The zero-order chi connectivity index (χ0) is 21.6. The predicted molar refractivity (Wildman–Crippen MR) is 112 cm³/mol. The number of pyridine rings is 1. The summed E-state index contributed by atoms with van der Waals surface area (Å²) in [5.74, 6) is 1.56. The smallest absolute Gasteiger partial charge is 0.269 e. The molecule has 0 bridgehead atoms. The minimum Gasteiger partial charge on any atom is -0.439 e. The summed E-state index contributed by atoms with van der Waals surface area (Å²) in [4.78, 5) is 26.9. The molecule has 0 spiro atoms. The van der Waals surface area contributed by atoms with Crippen molar-refractivity contribution < 1.29 is 19.0 Å². The van der Waals surface area contributed by atoms with Gasteiger partial charge in [0.2, 0.25) is 5.88 Å². The van der Waals surface area contributed by atoms with E-state index in [4.69, 9.17) is 9.26 Å². The van der Waals surface area contributed by atoms with Gasteiger partial charge in [-0.05, 0) is 30.3 Å². The van der Waals surface area contributed by atoms with Gasteiger partial charge < -0.3 is 9.26 Å². The van der Waals surface area contributed by atoms with Gasteiger partial charge in [-0.1, -0.05) is 23.4 Å². The van der Waals surface area contributed by atoms with Gasteiger partial charge in [0.25, 0.3) is 5.69 Å². The minimum absolute atomic E-state index is 0.00635. The largest absolute Gasteiger partial charge is 0.439 e. The van der Waals surface area contributed by atoms with E-state index in [-0.39, 0.29) is 17.9 Å². The van der Waals surface area contributed by atoms with Crippen molar-refractivity contribution in [3.8, 4) is 22.9 Å². The molecule has 0 amide bonds. The Hall–Kier alpha value is -4.33. The van der Waals surface area contributed by atoms with Gasteiger partial charge in [0.15, 0.2) is 5.78 Å². The molecule has 2 heterocycles. The molecule has 0 aliphatic rings. The molecule has 4 rings (SSSR count). The number of carbonyl (C=O) groups is 1. The molecule has 4 aromatic rings. The number of Topliss-reactive ketones (excluding diaryl/α,β-unsaturated/α-hetero) is 1. The van der Waals surface area contributed by atoms with E-state index in [9.17, 15) is 14.9 Å². The Morgan fingerprint density at radius 3 is 2.48 bits per heavy atom. The van der Waals surface area contributed by atoms with E-state index in [1.165, 1.54) is 18.3 Å². The summed E-state index contributed by atoms with van der Waals surface area (Å²) in [5, 5.41) is 14.7. The molecule has 0 atom stereocenters. The number of nitro benzene ring substituents is 1. The Bertz CT molecular complexity index is 1190. The minimum atomic E-state index is -0.460. The van der Waals surface area contributed by atoms with Gasteiger partial charge in [-0.3, -0.25) is 14.9 Å². The highest BCUT2D eigenvalue weighted by atomic mass is 16.6. The van der Waals surface area contributed by atoms with Gasteiger partial charge in [-0.25, -0.2) is 4.98 Å². The fourth-order valence-electron chi connectivity index (χ4n) is 2.92. The van der Waals surface area contributed by atoms with E-state index < -0.39 is 4.92 Å². The quantitative estimate of drug-likeness (QED) is 0.220. The van der Waals surface area contributed by atoms with E-state index in [1.54, 1.807) is 30.3 Å². The lowest BCUT2D eigenvalue weighted by molar-refractivity contribution is -0.384. The average Bonchev–Trinajstić information content (AvgIpc) is 3.28. The number of nitrogens with zero attached hydrogens (tertiary/aromatic N) is 3. The summed E-state index contributed by atoms with van der Waals surface area (Å²) < 4.78 is 10.9. The molecule has 0 fully saturated rings. The number of para-hydroxylation sites is 1. The molecule has 8 heteroatoms. The first-order valence-corrected chi connectivity index (χ1v) is 9.51. The van der Waals surface area contributed by atoms with Gasteiger partial charge in [0.1, 0.15) is 17.2 Å². The number of hydrogen-bond donors (Lipinski definition) is 0. The molecule has 31 heavy (non-hydrogen) atoms. The third-order valence-corrected chi connectivity index (χ3v) is 4.56. The molecule has 0 saturated heterocycles. The van der Waals surface area contributed by atoms with Crippen LogP contribution in [0.3, 0.4) is 0 Å². The maximum absolute atomic E-state index is 12.5. The Labute approximate surface area is 177 Å². The van der Waals surface area contributed by atoms with Crippen LogP contribution >= 0.6 is 0 Å². The second-order valence-electron chi connectivity index (χ2n) is 6.71. The van der Waals surface area contributed by atoms with Crippen molar-refractivity contribution in [1.29, 1.82) is 0 Å². The second kappa shape index (κ2) is 9.00. The van der Waals surface area contributed by atoms with Crippen LogP contribution in [0.2, 0.25) is 0 Å². The summed E-state index contributed by atoms with van der Waals surface area (Å²) in [5.41, 5.74) is 1.74. The fraction of sp³-hybridized carbons (Fsp3) is 0.0870. The maximum atomic E-state index is 12.5. The number of nitro groups is 1. The monoisotopic (exact) mass is 415 g/mol. The summed E-state index contributed by atoms with van der Waals surface area (Å²) >= 11 is 0. The number of ether oxygens (including phenoxy) is 1. The predicted octanol–water partition coefficient (Wildman–Crippen LogP) is 5.25. The molecule has 0 radical (unpaired) electrons. The fourth-order valence-corrected chi connectivity index (χ4v) is 2.92. The van der Waals surface area contributed by atoms with Crippen LogP contribution in [0.25, 0.3) is 11.3 Å². The molecular weight excluding hydrogens is 398 g/mol. The third-order valence-electron chi connectivity index (χ3n) is 4.56. The lowest BCUT2D eigenvalue weighted by atomic mass is 10.1. The van der Waals surface area contributed by atoms with Crippen LogP contribution in [0.15, 0.2) is 83.5 Å². The average molecular weight is 415 g/mol. The molecule has 154 valence electrons. The Morgan fingerprint density at radius 1 is 1.03 bits per heavy atom. The molecule has 0 unspecified atom stereocenters. The first-order valence-electron chi connectivity index (χ1n) is 9.51. The summed E-state index contributed by atoms with van der Waals surface area (Å²) in [6.07, 6.45) is 2.10. The SMILES string of the molecule is O=C(CCc1cc(-c2ccc([N+](=O)[O-])cc2)no1)c1ccc(Oc2ccccc2)nc1. The number of aromatic nitrogens is 2. The standard InChI is InChI=1S/C23H17N3O5/c27-22(17-8-13-23(24-15-17)30-19-4-2-1-3-5-19)12-11-20-14-21(25-31-20)16-6-9-18(10-7-16)26(28)29/h1-10,13-15H,11-12H2. The van der Waals surface area contributed by atoms with Crippen molar-refractivity contribution in [2.24, 2.45) is 0 Å². The Kier molecular flexibility index (Phi) is 5.79. The molecule has 0 saturated carbocycles. The third kappa shape index (κ3) is 4.99. The number of carbonyl (C=O) groups excluding carboxylic acids is 1. The van der Waals surface area contributed by atoms with Crippen LogP contribution in [-0.2, 0) is 6.42 Å². The van der Waals surface area contributed by atoms with Crippen molar-refractivity contribution in [2.75, 3.05) is 0 Å². The van der Waals surface area contributed by atoms with Crippen molar-refractivity contribution in [3.63, 3.8) is 0 Å². The number of hydrogen-bond acceptors (Lipinski definition) is 7. The number of aryl methyl sites for hydroxylation is 1. The van der Waals surface area contributed by atoms with Crippen molar-refractivity contribution >= 4 is 11.5 Å². The number of benzene rings is 2. The van der Waals surface area contributed by atoms with Crippen LogP contribution in [0, 0.1) is 10.1 Å². The molecule has 2 aromatic heterocycles. The summed E-state index contributed by atoms with van der Waals surface area (Å²) in [6, 6.07) is 20.4. The van der Waals surface area contributed by atoms with Gasteiger partial charge in [0.05, 0.1) is 4.92 Å². The number of rotatable bonds is 8. The second-order valence-corrected chi connectivity index (χ2v) is 6.71. The number of ketones is 1. The first kappa shape index (κ1) is 20.0. The molecule has 0 N–H and O–H groups in total. The topological polar surface area (TPSA) is 108 Å². The maximum Gasteiger partial charge on any atom is 0.269 e. The van der Waals surface area contributed by atoms with E-state index in [0.29, 0.717) is 40.6 Å². The van der Waals surface area contributed by atoms with Crippen molar-refractivity contribution in [1.82, 2.24) is 10.1 Å². The van der Waals surface area contributed by atoms with Gasteiger partial charge in [-0.15, -0.1) is 0 Å². The van der Waals surface area contributed by atoms with Crippen molar-refractivity contribution in [2.45, 2.75) is 12.8 Å². The van der Waals surface area contributed by atoms with Crippen LogP contribution < -0.4 is 4.74 Å².